The second-order valence-corrected chi connectivity index (χ2v) is 7.33. The number of nitrogens with zero attached hydrogens (tertiary/aromatic N) is 2. The van der Waals surface area contributed by atoms with Crippen LogP contribution in [0, 0.1) is 6.92 Å². The molecular formula is C22H22N2O4S. The Labute approximate surface area is 174 Å². The first-order valence-corrected chi connectivity index (χ1v) is 9.91. The number of amidine groups is 1. The van der Waals surface area contributed by atoms with E-state index in [0.29, 0.717) is 27.9 Å². The molecule has 150 valence electrons. The van der Waals surface area contributed by atoms with Gasteiger partial charge in [-0.05, 0) is 73.1 Å². The van der Waals surface area contributed by atoms with Gasteiger partial charge in [0.2, 0.25) is 0 Å². The van der Waals surface area contributed by atoms with E-state index in [9.17, 15) is 9.59 Å². The number of hydrogen-bond acceptors (Lipinski definition) is 6. The molecule has 6 nitrogen and oxygen atoms in total. The van der Waals surface area contributed by atoms with Crippen LogP contribution >= 0.6 is 11.8 Å². The van der Waals surface area contributed by atoms with Gasteiger partial charge in [0.05, 0.1) is 30.4 Å². The Morgan fingerprint density at radius 3 is 2.52 bits per heavy atom. The van der Waals surface area contributed by atoms with Crippen LogP contribution in [0.25, 0.3) is 6.08 Å². The molecule has 0 saturated carbocycles. The van der Waals surface area contributed by atoms with Crippen LogP contribution in [-0.2, 0) is 9.53 Å². The van der Waals surface area contributed by atoms with Crippen molar-refractivity contribution in [1.29, 1.82) is 0 Å². The zero-order valence-electron chi connectivity index (χ0n) is 16.8. The van der Waals surface area contributed by atoms with Crippen LogP contribution in [0.1, 0.15) is 28.4 Å². The number of aryl methyl sites for hydroxylation is 1. The van der Waals surface area contributed by atoms with Crippen LogP contribution in [0.5, 0.6) is 5.75 Å². The highest BCUT2D eigenvalue weighted by atomic mass is 32.2. The lowest BCUT2D eigenvalue weighted by Crippen LogP contribution is -2.28. The Morgan fingerprint density at radius 1 is 1.17 bits per heavy atom. The fraction of sp³-hybridized carbons (Fsp3) is 0.227. The Morgan fingerprint density at radius 2 is 1.90 bits per heavy atom. The van der Waals surface area contributed by atoms with Gasteiger partial charge in [-0.3, -0.25) is 9.69 Å². The van der Waals surface area contributed by atoms with Crippen molar-refractivity contribution in [2.24, 2.45) is 4.99 Å². The molecule has 1 heterocycles. The first-order chi connectivity index (χ1) is 14.0. The minimum absolute atomic E-state index is 0.0815. The van der Waals surface area contributed by atoms with Crippen molar-refractivity contribution in [3.8, 4) is 5.75 Å². The number of hydrogen-bond donors (Lipinski definition) is 0. The maximum absolute atomic E-state index is 12.8. The van der Waals surface area contributed by atoms with Gasteiger partial charge in [-0.25, -0.2) is 9.79 Å². The van der Waals surface area contributed by atoms with Crippen LogP contribution in [0.15, 0.2) is 52.4 Å². The Kier molecular flexibility index (Phi) is 6.39. The van der Waals surface area contributed by atoms with Gasteiger partial charge in [0.25, 0.3) is 5.91 Å². The number of amides is 1. The number of ether oxygens (including phenoxy) is 2. The van der Waals surface area contributed by atoms with Crippen LogP contribution < -0.4 is 4.74 Å². The van der Waals surface area contributed by atoms with Gasteiger partial charge in [-0.1, -0.05) is 12.1 Å². The third-order valence-corrected chi connectivity index (χ3v) is 5.45. The second-order valence-electron chi connectivity index (χ2n) is 6.32. The fourth-order valence-corrected chi connectivity index (χ4v) is 3.91. The normalized spacial score (nSPS) is 16.6. The Balaban J connectivity index is 1.88. The molecule has 3 rings (SSSR count). The van der Waals surface area contributed by atoms with E-state index in [2.05, 4.69) is 4.99 Å². The maximum Gasteiger partial charge on any atom is 0.337 e. The van der Waals surface area contributed by atoms with Crippen LogP contribution in [0.4, 0.5) is 5.69 Å². The SMILES string of the molecule is CCN1C(=O)/C(=C\c2ccc(C)c(OC)c2)SC1=Nc1ccc(C(=O)OC)cc1. The molecule has 2 aromatic rings. The summed E-state index contributed by atoms with van der Waals surface area (Å²) < 4.78 is 10.1. The molecular weight excluding hydrogens is 388 g/mol. The average Bonchev–Trinajstić information content (AvgIpc) is 3.03. The predicted octanol–water partition coefficient (Wildman–Crippen LogP) is 4.41. The Bertz CT molecular complexity index is 996. The summed E-state index contributed by atoms with van der Waals surface area (Å²) in [4.78, 5) is 31.2. The molecule has 0 aliphatic carbocycles. The molecule has 0 spiro atoms. The lowest BCUT2D eigenvalue weighted by molar-refractivity contribution is -0.122. The van der Waals surface area contributed by atoms with E-state index in [1.54, 1.807) is 36.3 Å². The molecule has 0 unspecified atom stereocenters. The molecule has 1 amide bonds. The second kappa shape index (κ2) is 8.96. The quantitative estimate of drug-likeness (QED) is 0.539. The van der Waals surface area contributed by atoms with Gasteiger partial charge >= 0.3 is 5.97 Å². The summed E-state index contributed by atoms with van der Waals surface area (Å²) in [5.41, 5.74) is 3.04. The van der Waals surface area contributed by atoms with Crippen LogP contribution in [0.2, 0.25) is 0 Å². The molecule has 0 N–H and O–H groups in total. The summed E-state index contributed by atoms with van der Waals surface area (Å²) in [5, 5.41) is 0.605. The van der Waals surface area contributed by atoms with E-state index < -0.39 is 5.97 Å². The third-order valence-electron chi connectivity index (χ3n) is 4.45. The van der Waals surface area contributed by atoms with Crippen LogP contribution in [-0.4, -0.2) is 42.7 Å². The molecule has 7 heteroatoms. The van der Waals surface area contributed by atoms with Crippen molar-refractivity contribution < 1.29 is 19.1 Å². The molecule has 0 bridgehead atoms. The largest absolute Gasteiger partial charge is 0.496 e. The zero-order valence-corrected chi connectivity index (χ0v) is 17.6. The molecule has 0 aromatic heterocycles. The van der Waals surface area contributed by atoms with Crippen molar-refractivity contribution in [1.82, 2.24) is 4.90 Å². The standard InChI is InChI=1S/C22H22N2O4S/c1-5-24-20(25)19(13-15-7-6-14(2)18(12-15)27-3)29-22(24)23-17-10-8-16(9-11-17)21(26)28-4/h6-13H,5H2,1-4H3/b19-13+,23-22?. The molecule has 2 aromatic carbocycles. The molecule has 0 radical (unpaired) electrons. The van der Waals surface area contributed by atoms with Gasteiger partial charge in [0.15, 0.2) is 5.17 Å². The minimum Gasteiger partial charge on any atom is -0.496 e. The summed E-state index contributed by atoms with van der Waals surface area (Å²) in [6, 6.07) is 12.6. The van der Waals surface area contributed by atoms with Crippen molar-refractivity contribution >= 4 is 40.6 Å². The van der Waals surface area contributed by atoms with Gasteiger partial charge < -0.3 is 9.47 Å². The van der Waals surface area contributed by atoms with Crippen molar-refractivity contribution in [2.45, 2.75) is 13.8 Å². The number of rotatable bonds is 5. The van der Waals surface area contributed by atoms with Crippen molar-refractivity contribution in [3.05, 3.63) is 64.1 Å². The number of carbonyl (C=O) groups is 2. The summed E-state index contributed by atoms with van der Waals surface area (Å²) in [6.45, 7) is 4.39. The van der Waals surface area contributed by atoms with E-state index in [1.807, 2.05) is 38.1 Å². The van der Waals surface area contributed by atoms with E-state index >= 15 is 0 Å². The average molecular weight is 410 g/mol. The van der Waals surface area contributed by atoms with E-state index in [0.717, 1.165) is 16.9 Å². The summed E-state index contributed by atoms with van der Waals surface area (Å²) >= 11 is 1.33. The zero-order chi connectivity index (χ0) is 21.0. The lowest BCUT2D eigenvalue weighted by Gasteiger charge is -2.12. The van der Waals surface area contributed by atoms with Crippen molar-refractivity contribution in [2.75, 3.05) is 20.8 Å². The van der Waals surface area contributed by atoms with Crippen molar-refractivity contribution in [3.63, 3.8) is 0 Å². The molecule has 1 fully saturated rings. The molecule has 0 atom stereocenters. The number of aliphatic imine (C=N–C) groups is 1. The van der Waals surface area contributed by atoms with E-state index in [-0.39, 0.29) is 5.91 Å². The predicted molar refractivity (Wildman–Crippen MR) is 116 cm³/mol. The van der Waals surface area contributed by atoms with Crippen LogP contribution in [0.3, 0.4) is 0 Å². The fourth-order valence-electron chi connectivity index (χ4n) is 2.85. The molecule has 1 saturated heterocycles. The molecule has 1 aliphatic rings. The molecule has 29 heavy (non-hydrogen) atoms. The van der Waals surface area contributed by atoms with Gasteiger partial charge in [-0.15, -0.1) is 0 Å². The highest BCUT2D eigenvalue weighted by molar-refractivity contribution is 8.18. The topological polar surface area (TPSA) is 68.2 Å². The number of thioether (sulfide) groups is 1. The van der Waals surface area contributed by atoms with E-state index in [1.165, 1.54) is 18.9 Å². The first-order valence-electron chi connectivity index (χ1n) is 9.10. The number of esters is 1. The first kappa shape index (κ1) is 20.7. The number of carbonyl (C=O) groups excluding carboxylic acids is 2. The maximum atomic E-state index is 12.8. The number of methoxy groups -OCH3 is 2. The highest BCUT2D eigenvalue weighted by Crippen LogP contribution is 2.34. The lowest BCUT2D eigenvalue weighted by atomic mass is 10.1. The Hall–Kier alpha value is -3.06. The van der Waals surface area contributed by atoms with Gasteiger partial charge in [0, 0.05) is 6.54 Å². The summed E-state index contributed by atoms with van der Waals surface area (Å²) in [6.07, 6.45) is 1.85. The van der Waals surface area contributed by atoms with Gasteiger partial charge in [-0.2, -0.15) is 0 Å². The molecule has 1 aliphatic heterocycles. The smallest absolute Gasteiger partial charge is 0.337 e. The minimum atomic E-state index is -0.399. The third kappa shape index (κ3) is 4.51. The summed E-state index contributed by atoms with van der Waals surface area (Å²) in [5.74, 6) is 0.298. The van der Waals surface area contributed by atoms with E-state index in [4.69, 9.17) is 9.47 Å². The van der Waals surface area contributed by atoms with Gasteiger partial charge in [0.1, 0.15) is 5.75 Å². The highest BCUT2D eigenvalue weighted by Gasteiger charge is 2.32. The summed E-state index contributed by atoms with van der Waals surface area (Å²) in [7, 11) is 2.97. The number of benzene rings is 2. The monoisotopic (exact) mass is 410 g/mol. The number of likely N-dealkylation sites (N-methyl/N-ethyl adjacent to an activating group) is 1.